The van der Waals surface area contributed by atoms with Crippen LogP contribution in [-0.4, -0.2) is 68.5 Å². The summed E-state index contributed by atoms with van der Waals surface area (Å²) >= 11 is 0. The third kappa shape index (κ3) is 2.73. The lowest BCUT2D eigenvalue weighted by molar-refractivity contribution is -0.434. The zero-order valence-electron chi connectivity index (χ0n) is 9.18. The molecule has 5 N–H and O–H groups in total. The second-order valence-corrected chi connectivity index (χ2v) is 3.72. The third-order valence-corrected chi connectivity index (χ3v) is 2.48. The molecule has 1 aliphatic rings. The summed E-state index contributed by atoms with van der Waals surface area (Å²) in [6.45, 7) is 0.729. The molecule has 0 saturated carbocycles. The molecule has 0 radical (unpaired) electrons. The van der Waals surface area contributed by atoms with Crippen molar-refractivity contribution in [1.29, 1.82) is 0 Å². The van der Waals surface area contributed by atoms with Crippen molar-refractivity contribution in [3.63, 3.8) is 0 Å². The molecule has 0 amide bonds. The molecular formula is C9H16O8. The number of aliphatic hydroxyl groups is 5. The Kier molecular flexibility index (Phi) is 4.42. The molecule has 1 unspecified atom stereocenters. The van der Waals surface area contributed by atoms with Gasteiger partial charge in [-0.25, -0.2) is 0 Å². The van der Waals surface area contributed by atoms with E-state index < -0.39 is 43.0 Å². The van der Waals surface area contributed by atoms with Gasteiger partial charge in [-0.15, -0.1) is 0 Å². The Morgan fingerprint density at radius 1 is 1.35 bits per heavy atom. The first kappa shape index (κ1) is 14.3. The van der Waals surface area contributed by atoms with E-state index in [1.807, 2.05) is 0 Å². The molecule has 1 rings (SSSR count). The summed E-state index contributed by atoms with van der Waals surface area (Å²) in [6, 6.07) is 0. The van der Waals surface area contributed by atoms with Gasteiger partial charge in [0.2, 0.25) is 0 Å². The highest BCUT2D eigenvalue weighted by Gasteiger charge is 2.55. The molecule has 0 aromatic rings. The van der Waals surface area contributed by atoms with Gasteiger partial charge in [0.15, 0.2) is 6.10 Å². The fourth-order valence-corrected chi connectivity index (χ4v) is 1.44. The molecule has 0 aliphatic carbocycles. The number of hydrogen-bond donors (Lipinski definition) is 5. The average Bonchev–Trinajstić information content (AvgIpc) is 2.31. The molecule has 0 bridgehead atoms. The molecule has 1 aliphatic heterocycles. The Morgan fingerprint density at radius 3 is 2.41 bits per heavy atom. The lowest BCUT2D eigenvalue weighted by Gasteiger charge is -2.43. The van der Waals surface area contributed by atoms with Gasteiger partial charge < -0.3 is 35.0 Å². The highest BCUT2D eigenvalue weighted by atomic mass is 16.8. The molecule has 8 heteroatoms. The average molecular weight is 252 g/mol. The van der Waals surface area contributed by atoms with Crippen LogP contribution in [0.3, 0.4) is 0 Å². The molecule has 0 spiro atoms. The van der Waals surface area contributed by atoms with Gasteiger partial charge in [-0.2, -0.15) is 0 Å². The smallest absolute Gasteiger partial charge is 0.357 e. The van der Waals surface area contributed by atoms with Crippen molar-refractivity contribution in [3.05, 3.63) is 0 Å². The Morgan fingerprint density at radius 2 is 1.94 bits per heavy atom. The topological polar surface area (TPSA) is 137 Å². The highest BCUT2D eigenvalue weighted by molar-refractivity contribution is 5.69. The fraction of sp³-hybridized carbons (Fsp3) is 0.889. The van der Waals surface area contributed by atoms with E-state index >= 15 is 0 Å². The lowest BCUT2D eigenvalue weighted by atomic mass is 9.98. The third-order valence-electron chi connectivity index (χ3n) is 2.48. The zero-order valence-corrected chi connectivity index (χ0v) is 9.18. The van der Waals surface area contributed by atoms with Crippen LogP contribution in [0.1, 0.15) is 13.3 Å². The van der Waals surface area contributed by atoms with Crippen LogP contribution < -0.4 is 0 Å². The summed E-state index contributed by atoms with van der Waals surface area (Å²) < 4.78 is 9.15. The molecule has 1 saturated heterocycles. The van der Waals surface area contributed by atoms with Crippen molar-refractivity contribution < 1.29 is 39.8 Å². The Balaban J connectivity index is 2.86. The first-order chi connectivity index (χ1) is 7.85. The minimum Gasteiger partial charge on any atom is -0.406 e. The number of hydrogen-bond acceptors (Lipinski definition) is 8. The van der Waals surface area contributed by atoms with Gasteiger partial charge in [0, 0.05) is 6.42 Å². The van der Waals surface area contributed by atoms with Crippen LogP contribution in [0.2, 0.25) is 0 Å². The molecule has 5 atom stereocenters. The summed E-state index contributed by atoms with van der Waals surface area (Å²) in [6.07, 6.45) is -6.90. The second kappa shape index (κ2) is 5.25. The molecule has 0 aromatic carbocycles. The Hall–Kier alpha value is -0.770. The number of ether oxygens (including phenoxy) is 2. The summed E-state index contributed by atoms with van der Waals surface area (Å²) in [4.78, 5) is 11.0. The number of carbonyl (C=O) groups excluding carboxylic acids is 1. The molecule has 1 fully saturated rings. The van der Waals surface area contributed by atoms with Crippen LogP contribution in [0.5, 0.6) is 0 Å². The molecule has 17 heavy (non-hydrogen) atoms. The van der Waals surface area contributed by atoms with Gasteiger partial charge in [-0.1, -0.05) is 6.92 Å². The molecule has 1 heterocycles. The Labute approximate surface area is 97.0 Å². The normalized spacial score (nSPS) is 42.2. The lowest BCUT2D eigenvalue weighted by Crippen LogP contribution is -2.66. The summed E-state index contributed by atoms with van der Waals surface area (Å²) in [7, 11) is 0. The van der Waals surface area contributed by atoms with Crippen LogP contribution in [0, 0.1) is 0 Å². The van der Waals surface area contributed by atoms with Crippen LogP contribution in [0.4, 0.5) is 0 Å². The maximum atomic E-state index is 11.0. The quantitative estimate of drug-likeness (QED) is 0.266. The number of carbonyl (C=O) groups is 1. The van der Waals surface area contributed by atoms with E-state index in [-0.39, 0.29) is 6.42 Å². The van der Waals surface area contributed by atoms with Crippen LogP contribution in [-0.2, 0) is 14.3 Å². The van der Waals surface area contributed by atoms with Crippen molar-refractivity contribution in [3.8, 4) is 0 Å². The van der Waals surface area contributed by atoms with E-state index in [9.17, 15) is 25.2 Å². The van der Waals surface area contributed by atoms with Crippen molar-refractivity contribution in [2.45, 2.75) is 43.7 Å². The maximum Gasteiger partial charge on any atom is 0.357 e. The van der Waals surface area contributed by atoms with Crippen molar-refractivity contribution in [2.75, 3.05) is 6.61 Å². The standard InChI is InChI=1S/C9H16O8/c1-2-5(11)17-9(15)8(14)7(13)6(12)4(3-10)16-9/h4,6-8,10,12-15H,2-3H2,1H3/t4-,6-,7+,8-,9?/m1/s1. The fourth-order valence-electron chi connectivity index (χ4n) is 1.44. The van der Waals surface area contributed by atoms with E-state index in [1.54, 1.807) is 0 Å². The van der Waals surface area contributed by atoms with Gasteiger partial charge in [-0.05, 0) is 0 Å². The highest BCUT2D eigenvalue weighted by Crippen LogP contribution is 2.29. The number of aliphatic hydroxyl groups excluding tert-OH is 4. The molecule has 0 aromatic heterocycles. The predicted molar refractivity (Wildman–Crippen MR) is 51.3 cm³/mol. The maximum absolute atomic E-state index is 11.0. The van der Waals surface area contributed by atoms with Crippen molar-refractivity contribution >= 4 is 5.97 Å². The molecular weight excluding hydrogens is 236 g/mol. The van der Waals surface area contributed by atoms with Gasteiger partial charge in [-0.3, -0.25) is 4.79 Å². The van der Waals surface area contributed by atoms with E-state index in [1.165, 1.54) is 6.92 Å². The van der Waals surface area contributed by atoms with Crippen LogP contribution in [0.15, 0.2) is 0 Å². The van der Waals surface area contributed by atoms with E-state index in [0.29, 0.717) is 0 Å². The monoisotopic (exact) mass is 252 g/mol. The summed E-state index contributed by atoms with van der Waals surface area (Å²) in [5.41, 5.74) is 0. The number of esters is 1. The van der Waals surface area contributed by atoms with Crippen molar-refractivity contribution in [1.82, 2.24) is 0 Å². The van der Waals surface area contributed by atoms with Gasteiger partial charge in [0.25, 0.3) is 0 Å². The Bertz CT molecular complexity index is 280. The second-order valence-electron chi connectivity index (χ2n) is 3.72. The van der Waals surface area contributed by atoms with E-state index in [2.05, 4.69) is 4.74 Å². The minimum atomic E-state index is -2.78. The summed E-state index contributed by atoms with van der Waals surface area (Å²) in [5.74, 6) is -3.65. The van der Waals surface area contributed by atoms with E-state index in [4.69, 9.17) is 9.84 Å². The van der Waals surface area contributed by atoms with Gasteiger partial charge in [0.05, 0.1) is 6.61 Å². The summed E-state index contributed by atoms with van der Waals surface area (Å²) in [5, 5.41) is 46.9. The first-order valence-electron chi connectivity index (χ1n) is 5.12. The van der Waals surface area contributed by atoms with Crippen molar-refractivity contribution in [2.24, 2.45) is 0 Å². The van der Waals surface area contributed by atoms with Gasteiger partial charge in [0.1, 0.15) is 18.3 Å². The molecule has 8 nitrogen and oxygen atoms in total. The number of rotatable bonds is 3. The van der Waals surface area contributed by atoms with Crippen LogP contribution in [0.25, 0.3) is 0 Å². The SMILES string of the molecule is CCC(=O)OC1(O)O[C@H](CO)[C@@H](O)[C@H](O)[C@H]1O. The predicted octanol–water partition coefficient (Wildman–Crippen LogP) is -2.94. The van der Waals surface area contributed by atoms with Crippen LogP contribution >= 0.6 is 0 Å². The van der Waals surface area contributed by atoms with Gasteiger partial charge >= 0.3 is 11.9 Å². The minimum absolute atomic E-state index is 0.0825. The van der Waals surface area contributed by atoms with E-state index in [0.717, 1.165) is 0 Å². The first-order valence-corrected chi connectivity index (χ1v) is 5.12. The largest absolute Gasteiger partial charge is 0.406 e. The zero-order chi connectivity index (χ0) is 13.2. The molecule has 100 valence electrons.